The highest BCUT2D eigenvalue weighted by molar-refractivity contribution is 6.46. The van der Waals surface area contributed by atoms with Gasteiger partial charge in [0.1, 0.15) is 7.85 Å². The van der Waals surface area contributed by atoms with E-state index in [-0.39, 0.29) is 0 Å². The van der Waals surface area contributed by atoms with Crippen molar-refractivity contribution in [1.82, 2.24) is 9.97 Å². The molecular formula is C16H19B2N2O2. The number of aromatic nitrogens is 2. The van der Waals surface area contributed by atoms with Crippen LogP contribution in [-0.4, -0.2) is 41.6 Å². The maximum absolute atomic E-state index is 10.1. The van der Waals surface area contributed by atoms with Crippen LogP contribution in [0.1, 0.15) is 27.7 Å². The minimum absolute atomic E-state index is 0.624. The van der Waals surface area contributed by atoms with Gasteiger partial charge in [-0.2, -0.15) is 0 Å². The van der Waals surface area contributed by atoms with E-state index in [1.54, 1.807) is 33.7 Å². The van der Waals surface area contributed by atoms with Gasteiger partial charge in [-0.15, -0.1) is 0 Å². The molecule has 22 heavy (non-hydrogen) atoms. The second-order valence-electron chi connectivity index (χ2n) is 6.27. The number of hydrogen-bond donors (Lipinski definition) is 1. The molecule has 0 amide bonds. The van der Waals surface area contributed by atoms with Gasteiger partial charge in [0.15, 0.2) is 5.82 Å². The van der Waals surface area contributed by atoms with Crippen molar-refractivity contribution in [3.05, 3.63) is 36.7 Å². The SMILES string of the molecule is [B]c1ccc(-c2ncc([B]OC(C)(C)C(C)(C)O)cn2)cc1. The van der Waals surface area contributed by atoms with E-state index >= 15 is 0 Å². The fourth-order valence-electron chi connectivity index (χ4n) is 1.54. The molecule has 1 aromatic carbocycles. The van der Waals surface area contributed by atoms with Crippen LogP contribution in [0.2, 0.25) is 0 Å². The van der Waals surface area contributed by atoms with E-state index in [1.807, 2.05) is 38.1 Å². The molecule has 3 radical (unpaired) electrons. The van der Waals surface area contributed by atoms with Crippen molar-refractivity contribution in [2.24, 2.45) is 0 Å². The topological polar surface area (TPSA) is 55.2 Å². The van der Waals surface area contributed by atoms with Crippen LogP contribution < -0.4 is 10.9 Å². The van der Waals surface area contributed by atoms with Gasteiger partial charge in [-0.25, -0.2) is 9.97 Å². The molecule has 4 nitrogen and oxygen atoms in total. The molecular weight excluding hydrogens is 274 g/mol. The summed E-state index contributed by atoms with van der Waals surface area (Å²) in [5, 5.41) is 10.1. The Morgan fingerprint density at radius 2 is 1.59 bits per heavy atom. The average molecular weight is 293 g/mol. The lowest BCUT2D eigenvalue weighted by Gasteiger charge is -2.37. The van der Waals surface area contributed by atoms with E-state index in [0.717, 1.165) is 11.0 Å². The standard InChI is InChI=1S/C16H19B2N2O2/c1-15(2,21)16(3,4)22-18-13-9-19-14(20-10-13)11-5-7-12(17)8-6-11/h5-10,21H,1-4H3. The van der Waals surface area contributed by atoms with Gasteiger partial charge in [0, 0.05) is 18.0 Å². The van der Waals surface area contributed by atoms with E-state index in [9.17, 15) is 5.11 Å². The fourth-order valence-corrected chi connectivity index (χ4v) is 1.54. The van der Waals surface area contributed by atoms with Gasteiger partial charge in [0.2, 0.25) is 0 Å². The zero-order valence-corrected chi connectivity index (χ0v) is 13.4. The van der Waals surface area contributed by atoms with Crippen molar-refractivity contribution >= 4 is 26.3 Å². The number of rotatable bonds is 5. The number of nitrogens with zero attached hydrogens (tertiary/aromatic N) is 2. The van der Waals surface area contributed by atoms with Crippen molar-refractivity contribution < 1.29 is 9.76 Å². The molecule has 1 N–H and O–H groups in total. The third kappa shape index (κ3) is 3.96. The molecule has 0 atom stereocenters. The maximum atomic E-state index is 10.1. The lowest BCUT2D eigenvalue weighted by atomic mass is 9.84. The predicted octanol–water partition coefficient (Wildman–Crippen LogP) is 0.748. The Bertz CT molecular complexity index is 620. The molecule has 0 bridgehead atoms. The summed E-state index contributed by atoms with van der Waals surface area (Å²) in [5.41, 5.74) is 0.655. The largest absolute Gasteiger partial charge is 0.427 e. The molecule has 2 rings (SSSR count). The van der Waals surface area contributed by atoms with E-state index in [1.165, 1.54) is 0 Å². The lowest BCUT2D eigenvalue weighted by Crippen LogP contribution is -2.49. The van der Waals surface area contributed by atoms with E-state index in [0.29, 0.717) is 11.3 Å². The molecule has 1 heterocycles. The minimum atomic E-state index is -0.964. The molecule has 0 saturated carbocycles. The van der Waals surface area contributed by atoms with Gasteiger partial charge in [0.25, 0.3) is 0 Å². The first-order valence-corrected chi connectivity index (χ1v) is 7.10. The normalized spacial score (nSPS) is 12.2. The van der Waals surface area contributed by atoms with Crippen molar-refractivity contribution in [3.63, 3.8) is 0 Å². The van der Waals surface area contributed by atoms with Gasteiger partial charge >= 0.3 is 7.48 Å². The number of hydrogen-bond acceptors (Lipinski definition) is 4. The Balaban J connectivity index is 2.05. The first-order valence-electron chi connectivity index (χ1n) is 7.10. The zero-order valence-electron chi connectivity index (χ0n) is 13.4. The van der Waals surface area contributed by atoms with Crippen molar-refractivity contribution in [3.8, 4) is 11.4 Å². The maximum Gasteiger partial charge on any atom is 0.334 e. The molecule has 0 aliphatic carbocycles. The second-order valence-corrected chi connectivity index (χ2v) is 6.27. The van der Waals surface area contributed by atoms with E-state index < -0.39 is 11.2 Å². The van der Waals surface area contributed by atoms with Gasteiger partial charge in [0.05, 0.1) is 11.2 Å². The summed E-state index contributed by atoms with van der Waals surface area (Å²) in [7, 11) is 7.22. The Labute approximate surface area is 133 Å². The Hall–Kier alpha value is -1.65. The monoisotopic (exact) mass is 293 g/mol. The number of aliphatic hydroxyl groups is 1. The molecule has 0 saturated heterocycles. The Morgan fingerprint density at radius 3 is 2.09 bits per heavy atom. The zero-order chi connectivity index (χ0) is 16.4. The highest BCUT2D eigenvalue weighted by Gasteiger charge is 2.35. The Kier molecular flexibility index (Phi) is 4.73. The summed E-state index contributed by atoms with van der Waals surface area (Å²) < 4.78 is 5.67. The van der Waals surface area contributed by atoms with Crippen LogP contribution in [-0.2, 0) is 4.65 Å². The molecule has 0 aliphatic heterocycles. The molecule has 0 spiro atoms. The Morgan fingerprint density at radius 1 is 1.05 bits per heavy atom. The van der Waals surface area contributed by atoms with Crippen LogP contribution in [0.3, 0.4) is 0 Å². The van der Waals surface area contributed by atoms with Crippen molar-refractivity contribution in [2.75, 3.05) is 0 Å². The summed E-state index contributed by atoms with van der Waals surface area (Å²) in [4.78, 5) is 8.63. The van der Waals surface area contributed by atoms with Gasteiger partial charge in [-0.1, -0.05) is 29.7 Å². The van der Waals surface area contributed by atoms with Crippen LogP contribution in [0, 0.1) is 0 Å². The van der Waals surface area contributed by atoms with E-state index in [4.69, 9.17) is 12.5 Å². The third-order valence-corrected chi connectivity index (χ3v) is 3.80. The van der Waals surface area contributed by atoms with Crippen molar-refractivity contribution in [2.45, 2.75) is 38.9 Å². The summed E-state index contributed by atoms with van der Waals surface area (Å²) in [6.45, 7) is 7.07. The number of benzene rings is 1. The molecule has 6 heteroatoms. The quantitative estimate of drug-likeness (QED) is 0.826. The second kappa shape index (κ2) is 6.23. The van der Waals surface area contributed by atoms with Crippen LogP contribution >= 0.6 is 0 Å². The first-order chi connectivity index (χ1) is 10.2. The molecule has 0 aliphatic rings. The summed E-state index contributed by atoms with van der Waals surface area (Å²) in [6, 6.07) is 7.38. The fraction of sp³-hybridized carbons (Fsp3) is 0.375. The van der Waals surface area contributed by atoms with Crippen LogP contribution in [0.5, 0.6) is 0 Å². The highest BCUT2D eigenvalue weighted by atomic mass is 16.5. The minimum Gasteiger partial charge on any atom is -0.427 e. The smallest absolute Gasteiger partial charge is 0.334 e. The highest BCUT2D eigenvalue weighted by Crippen LogP contribution is 2.24. The van der Waals surface area contributed by atoms with Crippen LogP contribution in [0.25, 0.3) is 11.4 Å². The summed E-state index contributed by atoms with van der Waals surface area (Å²) >= 11 is 0. The summed E-state index contributed by atoms with van der Waals surface area (Å²) in [6.07, 6.45) is 3.36. The van der Waals surface area contributed by atoms with Crippen molar-refractivity contribution in [1.29, 1.82) is 0 Å². The van der Waals surface area contributed by atoms with E-state index in [2.05, 4.69) is 9.97 Å². The van der Waals surface area contributed by atoms with Gasteiger partial charge in [-0.3, -0.25) is 0 Å². The first kappa shape index (κ1) is 16.7. The summed E-state index contributed by atoms with van der Waals surface area (Å²) in [5.74, 6) is 0.624. The van der Waals surface area contributed by atoms with Crippen LogP contribution in [0.4, 0.5) is 0 Å². The molecule has 2 aromatic rings. The molecule has 111 valence electrons. The van der Waals surface area contributed by atoms with Gasteiger partial charge < -0.3 is 9.76 Å². The van der Waals surface area contributed by atoms with Crippen LogP contribution in [0.15, 0.2) is 36.7 Å². The molecule has 0 fully saturated rings. The molecule has 1 aromatic heterocycles. The predicted molar refractivity (Wildman–Crippen MR) is 89.7 cm³/mol. The molecule has 0 unspecified atom stereocenters. The van der Waals surface area contributed by atoms with Gasteiger partial charge in [-0.05, 0) is 33.2 Å². The third-order valence-electron chi connectivity index (χ3n) is 3.80. The average Bonchev–Trinajstić information content (AvgIpc) is 2.45. The lowest BCUT2D eigenvalue weighted by molar-refractivity contribution is -0.0893.